The summed E-state index contributed by atoms with van der Waals surface area (Å²) in [4.78, 5) is 25.9. The first-order valence-corrected chi connectivity index (χ1v) is 11.9. The molecule has 168 valence electrons. The van der Waals surface area contributed by atoms with Crippen molar-refractivity contribution < 1.29 is 4.79 Å². The third-order valence-electron chi connectivity index (χ3n) is 7.64. The van der Waals surface area contributed by atoms with Gasteiger partial charge in [-0.05, 0) is 74.0 Å². The van der Waals surface area contributed by atoms with E-state index in [1.165, 1.54) is 23.9 Å². The monoisotopic (exact) mass is 430 g/mol. The van der Waals surface area contributed by atoms with Crippen LogP contribution in [0, 0.1) is 12.8 Å². The summed E-state index contributed by atoms with van der Waals surface area (Å²) in [5.74, 6) is 1.08. The van der Waals surface area contributed by atoms with Crippen molar-refractivity contribution in [3.05, 3.63) is 53.3 Å². The molecule has 1 aromatic carbocycles. The largest absolute Gasteiger partial charge is 0.354 e. The highest BCUT2D eigenvalue weighted by Crippen LogP contribution is 2.37. The second-order valence-electron chi connectivity index (χ2n) is 10.1. The second kappa shape index (κ2) is 8.04. The van der Waals surface area contributed by atoms with E-state index in [4.69, 9.17) is 0 Å². The third kappa shape index (κ3) is 3.53. The molecule has 5 rings (SSSR count). The topological polar surface area (TPSA) is 52.2 Å². The number of carbonyl (C=O) groups is 1. The van der Waals surface area contributed by atoms with E-state index in [0.29, 0.717) is 17.9 Å². The number of carbonyl (C=O) groups excluding carboxylic acids is 1. The van der Waals surface area contributed by atoms with E-state index in [0.717, 1.165) is 41.1 Å². The van der Waals surface area contributed by atoms with Gasteiger partial charge in [0.1, 0.15) is 0 Å². The van der Waals surface area contributed by atoms with Gasteiger partial charge in [0.25, 0.3) is 0 Å². The molecule has 4 heterocycles. The van der Waals surface area contributed by atoms with Gasteiger partial charge in [-0.3, -0.25) is 9.78 Å². The number of hydrogen-bond donors (Lipinski definition) is 1. The van der Waals surface area contributed by atoms with Gasteiger partial charge in [-0.15, -0.1) is 0 Å². The van der Waals surface area contributed by atoms with Gasteiger partial charge in [0.05, 0.1) is 11.6 Å². The van der Waals surface area contributed by atoms with Crippen LogP contribution in [0.3, 0.4) is 0 Å². The van der Waals surface area contributed by atoms with E-state index < -0.39 is 0 Å². The molecule has 2 saturated heterocycles. The SMILES string of the molecule is Cc1cc(-c2[nH]c3ccc(C(C)C(=O)N(C)C4CN5CCC4C5)cc3c2C(C)C)ccn1. The van der Waals surface area contributed by atoms with Crippen molar-refractivity contribution in [2.45, 2.75) is 52.0 Å². The van der Waals surface area contributed by atoms with Gasteiger partial charge < -0.3 is 14.8 Å². The number of pyridine rings is 1. The highest BCUT2D eigenvalue weighted by atomic mass is 16.2. The minimum absolute atomic E-state index is 0.153. The number of likely N-dealkylation sites (N-methyl/N-ethyl adjacent to an activating group) is 1. The van der Waals surface area contributed by atoms with Crippen molar-refractivity contribution >= 4 is 16.8 Å². The lowest BCUT2D eigenvalue weighted by atomic mass is 9.92. The van der Waals surface area contributed by atoms with E-state index in [1.807, 2.05) is 25.1 Å². The fourth-order valence-corrected chi connectivity index (χ4v) is 5.83. The maximum absolute atomic E-state index is 13.4. The number of benzene rings is 1. The van der Waals surface area contributed by atoms with Crippen molar-refractivity contribution in [1.82, 2.24) is 19.8 Å². The van der Waals surface area contributed by atoms with Gasteiger partial charge in [0.15, 0.2) is 0 Å². The van der Waals surface area contributed by atoms with Crippen LogP contribution in [0.2, 0.25) is 0 Å². The predicted octanol–water partition coefficient (Wildman–Crippen LogP) is 4.93. The third-order valence-corrected chi connectivity index (χ3v) is 7.64. The van der Waals surface area contributed by atoms with Gasteiger partial charge in [-0.25, -0.2) is 0 Å². The van der Waals surface area contributed by atoms with Crippen molar-refractivity contribution in [3.63, 3.8) is 0 Å². The van der Waals surface area contributed by atoms with Crippen LogP contribution in [-0.2, 0) is 4.79 Å². The van der Waals surface area contributed by atoms with Crippen molar-refractivity contribution in [2.24, 2.45) is 5.92 Å². The summed E-state index contributed by atoms with van der Waals surface area (Å²) in [7, 11) is 2.00. The maximum atomic E-state index is 13.4. The lowest BCUT2D eigenvalue weighted by Crippen LogP contribution is -2.46. The zero-order valence-electron chi connectivity index (χ0n) is 19.9. The van der Waals surface area contributed by atoms with Gasteiger partial charge in [-0.2, -0.15) is 0 Å². The zero-order valence-corrected chi connectivity index (χ0v) is 19.9. The van der Waals surface area contributed by atoms with Crippen LogP contribution in [-0.4, -0.2) is 58.4 Å². The Morgan fingerprint density at radius 2 is 2.00 bits per heavy atom. The molecule has 0 spiro atoms. The van der Waals surface area contributed by atoms with E-state index in [1.54, 1.807) is 0 Å². The zero-order chi connectivity index (χ0) is 22.6. The highest BCUT2D eigenvalue weighted by molar-refractivity contribution is 5.93. The number of H-pyrrole nitrogens is 1. The molecule has 1 amide bonds. The van der Waals surface area contributed by atoms with Crippen LogP contribution in [0.4, 0.5) is 0 Å². The number of aromatic nitrogens is 2. The number of fused-ring (bicyclic) bond motifs is 3. The minimum atomic E-state index is -0.153. The Balaban J connectivity index is 1.48. The van der Waals surface area contributed by atoms with Crippen LogP contribution in [0.15, 0.2) is 36.5 Å². The summed E-state index contributed by atoms with van der Waals surface area (Å²) >= 11 is 0. The van der Waals surface area contributed by atoms with E-state index >= 15 is 0 Å². The molecule has 1 N–H and O–H groups in total. The van der Waals surface area contributed by atoms with Crippen molar-refractivity contribution in [1.29, 1.82) is 0 Å². The number of rotatable bonds is 5. The summed E-state index contributed by atoms with van der Waals surface area (Å²) in [6, 6.07) is 11.1. The molecule has 2 fully saturated rings. The number of piperidine rings is 1. The molecule has 0 aliphatic carbocycles. The van der Waals surface area contributed by atoms with Crippen molar-refractivity contribution in [3.8, 4) is 11.3 Å². The van der Waals surface area contributed by atoms with Crippen LogP contribution in [0.5, 0.6) is 0 Å². The molecule has 2 bridgehead atoms. The Morgan fingerprint density at radius 1 is 1.19 bits per heavy atom. The standard InChI is InChI=1S/C27H34N4O/c1-16(2)25-22-13-19(6-7-23(22)29-26(25)20-8-10-28-17(3)12-20)18(4)27(32)30(5)24-15-31-11-9-21(24)14-31/h6-8,10,12-13,16,18,21,24,29H,9,11,14-15H2,1-5H3. The number of aromatic amines is 1. The molecule has 3 aromatic rings. The van der Waals surface area contributed by atoms with Gasteiger partial charge >= 0.3 is 0 Å². The molecule has 2 aromatic heterocycles. The molecule has 2 aliphatic rings. The highest BCUT2D eigenvalue weighted by Gasteiger charge is 2.42. The Hall–Kier alpha value is -2.66. The first-order valence-electron chi connectivity index (χ1n) is 11.9. The minimum Gasteiger partial charge on any atom is -0.354 e. The summed E-state index contributed by atoms with van der Waals surface area (Å²) < 4.78 is 0. The van der Waals surface area contributed by atoms with E-state index in [-0.39, 0.29) is 11.8 Å². The quantitative estimate of drug-likeness (QED) is 0.625. The van der Waals surface area contributed by atoms with Crippen LogP contribution in [0.25, 0.3) is 22.2 Å². The molecule has 5 nitrogen and oxygen atoms in total. The first-order chi connectivity index (χ1) is 15.3. The Kier molecular flexibility index (Phi) is 5.32. The maximum Gasteiger partial charge on any atom is 0.229 e. The summed E-state index contributed by atoms with van der Waals surface area (Å²) in [5, 5.41) is 1.22. The summed E-state index contributed by atoms with van der Waals surface area (Å²) in [5.41, 5.74) is 6.85. The average molecular weight is 431 g/mol. The van der Waals surface area contributed by atoms with Gasteiger partial charge in [0, 0.05) is 54.5 Å². The van der Waals surface area contributed by atoms with Crippen LogP contribution >= 0.6 is 0 Å². The van der Waals surface area contributed by atoms with Crippen LogP contribution in [0.1, 0.15) is 55.8 Å². The lowest BCUT2D eigenvalue weighted by Gasteiger charge is -2.33. The molecule has 0 saturated carbocycles. The number of nitrogens with zero attached hydrogens (tertiary/aromatic N) is 3. The molecular weight excluding hydrogens is 396 g/mol. The smallest absolute Gasteiger partial charge is 0.229 e. The van der Waals surface area contributed by atoms with Gasteiger partial charge in [0.2, 0.25) is 5.91 Å². The van der Waals surface area contributed by atoms with Gasteiger partial charge in [-0.1, -0.05) is 19.9 Å². The molecule has 4 atom stereocenters. The fraction of sp³-hybridized carbons (Fsp3) is 0.481. The van der Waals surface area contributed by atoms with E-state index in [9.17, 15) is 4.79 Å². The molecular formula is C27H34N4O. The molecule has 32 heavy (non-hydrogen) atoms. The second-order valence-corrected chi connectivity index (χ2v) is 10.1. The number of amides is 1. The Morgan fingerprint density at radius 3 is 2.66 bits per heavy atom. The Labute approximate surface area is 190 Å². The number of nitrogens with one attached hydrogen (secondary N) is 1. The molecule has 0 radical (unpaired) electrons. The predicted molar refractivity (Wildman–Crippen MR) is 130 cm³/mol. The summed E-state index contributed by atoms with van der Waals surface area (Å²) in [6.45, 7) is 11.9. The van der Waals surface area contributed by atoms with Crippen LogP contribution < -0.4 is 0 Å². The fourth-order valence-electron chi connectivity index (χ4n) is 5.83. The Bertz CT molecular complexity index is 1160. The normalized spacial score (nSPS) is 23.2. The van der Waals surface area contributed by atoms with Crippen molar-refractivity contribution in [2.75, 3.05) is 26.7 Å². The molecule has 2 aliphatic heterocycles. The summed E-state index contributed by atoms with van der Waals surface area (Å²) in [6.07, 6.45) is 3.09. The lowest BCUT2D eigenvalue weighted by molar-refractivity contribution is -0.134. The first kappa shape index (κ1) is 21.2. The number of aryl methyl sites for hydroxylation is 1. The van der Waals surface area contributed by atoms with E-state index in [2.05, 4.69) is 66.0 Å². The average Bonchev–Trinajstić information content (AvgIpc) is 3.50. The molecule has 4 unspecified atom stereocenters. The number of hydrogen-bond acceptors (Lipinski definition) is 3. The molecule has 5 heteroatoms.